The molecule has 0 radical (unpaired) electrons. The number of imidazole rings is 1. The maximum atomic E-state index is 11.8. The maximum absolute atomic E-state index is 11.8. The molecule has 1 aromatic carbocycles. The standard InChI is InChI=1S/C17H24N4O/c1-4-7-20-8-9-21-15-6-5-13(18-17(22)12(2)3)10-14(15)19-16(21)11-20/h5-6,10,12H,4,7-9,11H2,1-3H3,(H,18,22). The van der Waals surface area contributed by atoms with Crippen LogP contribution in [0.1, 0.15) is 33.0 Å². The predicted octanol–water partition coefficient (Wildman–Crippen LogP) is 2.86. The molecule has 1 aliphatic heterocycles. The number of amides is 1. The molecule has 3 rings (SSSR count). The van der Waals surface area contributed by atoms with Gasteiger partial charge in [-0.3, -0.25) is 9.69 Å². The van der Waals surface area contributed by atoms with E-state index in [1.165, 1.54) is 6.42 Å². The summed E-state index contributed by atoms with van der Waals surface area (Å²) in [6.45, 7) is 10.1. The van der Waals surface area contributed by atoms with Gasteiger partial charge in [0.1, 0.15) is 5.82 Å². The quantitative estimate of drug-likeness (QED) is 0.944. The summed E-state index contributed by atoms with van der Waals surface area (Å²) < 4.78 is 2.30. The van der Waals surface area contributed by atoms with Crippen molar-refractivity contribution < 1.29 is 4.79 Å². The zero-order valence-corrected chi connectivity index (χ0v) is 13.6. The van der Waals surface area contributed by atoms with E-state index in [4.69, 9.17) is 4.98 Å². The van der Waals surface area contributed by atoms with Crippen LogP contribution in [0.5, 0.6) is 0 Å². The van der Waals surface area contributed by atoms with Crippen LogP contribution in [0.3, 0.4) is 0 Å². The second-order valence-corrected chi connectivity index (χ2v) is 6.30. The van der Waals surface area contributed by atoms with E-state index < -0.39 is 0 Å². The van der Waals surface area contributed by atoms with Gasteiger partial charge in [0.2, 0.25) is 5.91 Å². The Hall–Kier alpha value is -1.88. The lowest BCUT2D eigenvalue weighted by atomic mass is 10.2. The lowest BCUT2D eigenvalue weighted by Gasteiger charge is -2.27. The molecule has 0 bridgehead atoms. The summed E-state index contributed by atoms with van der Waals surface area (Å²) in [6.07, 6.45) is 1.17. The number of hydrogen-bond donors (Lipinski definition) is 1. The zero-order valence-electron chi connectivity index (χ0n) is 13.6. The summed E-state index contributed by atoms with van der Waals surface area (Å²) in [5.41, 5.74) is 2.95. The van der Waals surface area contributed by atoms with Crippen LogP contribution >= 0.6 is 0 Å². The minimum atomic E-state index is -0.0199. The first kappa shape index (κ1) is 15.0. The van der Waals surface area contributed by atoms with Crippen LogP contribution in [-0.4, -0.2) is 33.4 Å². The second-order valence-electron chi connectivity index (χ2n) is 6.30. The number of rotatable bonds is 4. The molecule has 0 aliphatic carbocycles. The molecule has 0 fully saturated rings. The van der Waals surface area contributed by atoms with Crippen LogP contribution in [0.2, 0.25) is 0 Å². The molecule has 2 aromatic rings. The van der Waals surface area contributed by atoms with Gasteiger partial charge >= 0.3 is 0 Å². The highest BCUT2D eigenvalue weighted by atomic mass is 16.1. The third-order valence-corrected chi connectivity index (χ3v) is 4.16. The topological polar surface area (TPSA) is 50.2 Å². The Labute approximate surface area is 131 Å². The van der Waals surface area contributed by atoms with Crippen LogP contribution in [0.4, 0.5) is 5.69 Å². The largest absolute Gasteiger partial charge is 0.326 e. The minimum absolute atomic E-state index is 0.0199. The lowest BCUT2D eigenvalue weighted by molar-refractivity contribution is -0.118. The van der Waals surface area contributed by atoms with Crippen LogP contribution < -0.4 is 5.32 Å². The number of carbonyl (C=O) groups excluding carboxylic acids is 1. The fourth-order valence-electron chi connectivity index (χ4n) is 2.94. The van der Waals surface area contributed by atoms with E-state index >= 15 is 0 Å². The van der Waals surface area contributed by atoms with Gasteiger partial charge in [0.05, 0.1) is 17.6 Å². The SMILES string of the molecule is CCCN1CCn2c(nc3cc(NC(=O)C(C)C)ccc32)C1. The molecule has 0 unspecified atom stereocenters. The number of aromatic nitrogens is 2. The smallest absolute Gasteiger partial charge is 0.226 e. The Kier molecular flexibility index (Phi) is 4.16. The molecule has 5 heteroatoms. The summed E-state index contributed by atoms with van der Waals surface area (Å²) in [4.78, 5) is 19.0. The Morgan fingerprint density at radius 3 is 2.91 bits per heavy atom. The highest BCUT2D eigenvalue weighted by Gasteiger charge is 2.19. The molecule has 0 saturated carbocycles. The van der Waals surface area contributed by atoms with Gasteiger partial charge in [-0.15, -0.1) is 0 Å². The van der Waals surface area contributed by atoms with Crippen molar-refractivity contribution in [3.05, 3.63) is 24.0 Å². The van der Waals surface area contributed by atoms with Crippen LogP contribution in [0, 0.1) is 5.92 Å². The van der Waals surface area contributed by atoms with Gasteiger partial charge in [-0.2, -0.15) is 0 Å². The van der Waals surface area contributed by atoms with Crippen molar-refractivity contribution in [2.24, 2.45) is 5.92 Å². The Morgan fingerprint density at radius 2 is 2.18 bits per heavy atom. The average molecular weight is 300 g/mol. The summed E-state index contributed by atoms with van der Waals surface area (Å²) in [6, 6.07) is 6.01. The maximum Gasteiger partial charge on any atom is 0.226 e. The monoisotopic (exact) mass is 300 g/mol. The molecule has 5 nitrogen and oxygen atoms in total. The molecular formula is C17H24N4O. The molecule has 0 spiro atoms. The number of hydrogen-bond acceptors (Lipinski definition) is 3. The summed E-state index contributed by atoms with van der Waals surface area (Å²) in [7, 11) is 0. The molecule has 1 aliphatic rings. The highest BCUT2D eigenvalue weighted by molar-refractivity contribution is 5.94. The molecule has 1 aromatic heterocycles. The number of nitrogens with zero attached hydrogens (tertiary/aromatic N) is 3. The van der Waals surface area contributed by atoms with Gasteiger partial charge in [-0.25, -0.2) is 4.98 Å². The first-order valence-corrected chi connectivity index (χ1v) is 8.11. The van der Waals surface area contributed by atoms with E-state index in [0.717, 1.165) is 48.7 Å². The Balaban J connectivity index is 1.87. The number of fused-ring (bicyclic) bond motifs is 3. The zero-order chi connectivity index (χ0) is 15.7. The number of anilines is 1. The van der Waals surface area contributed by atoms with E-state index in [0.29, 0.717) is 0 Å². The van der Waals surface area contributed by atoms with Gasteiger partial charge < -0.3 is 9.88 Å². The van der Waals surface area contributed by atoms with E-state index in [9.17, 15) is 4.79 Å². The average Bonchev–Trinajstić information content (AvgIpc) is 2.84. The molecule has 0 saturated heterocycles. The van der Waals surface area contributed by atoms with Crippen molar-refractivity contribution in [3.8, 4) is 0 Å². The first-order chi connectivity index (χ1) is 10.6. The molecular weight excluding hydrogens is 276 g/mol. The Bertz CT molecular complexity index is 689. The van der Waals surface area contributed by atoms with Crippen molar-refractivity contribution in [1.29, 1.82) is 0 Å². The van der Waals surface area contributed by atoms with Crippen molar-refractivity contribution in [3.63, 3.8) is 0 Å². The molecule has 22 heavy (non-hydrogen) atoms. The van der Waals surface area contributed by atoms with E-state index in [2.05, 4.69) is 27.8 Å². The van der Waals surface area contributed by atoms with E-state index in [-0.39, 0.29) is 11.8 Å². The van der Waals surface area contributed by atoms with Crippen molar-refractivity contribution >= 4 is 22.6 Å². The second kappa shape index (κ2) is 6.08. The van der Waals surface area contributed by atoms with Gasteiger partial charge in [0, 0.05) is 24.7 Å². The third kappa shape index (κ3) is 2.86. The van der Waals surface area contributed by atoms with Gasteiger partial charge in [0.15, 0.2) is 0 Å². The predicted molar refractivity (Wildman–Crippen MR) is 88.8 cm³/mol. The fraction of sp³-hybridized carbons (Fsp3) is 0.529. The third-order valence-electron chi connectivity index (χ3n) is 4.16. The lowest BCUT2D eigenvalue weighted by Crippen LogP contribution is -2.34. The van der Waals surface area contributed by atoms with Crippen LogP contribution in [-0.2, 0) is 17.9 Å². The van der Waals surface area contributed by atoms with Gasteiger partial charge in [0.25, 0.3) is 0 Å². The van der Waals surface area contributed by atoms with E-state index in [1.807, 2.05) is 26.0 Å². The summed E-state index contributed by atoms with van der Waals surface area (Å²) >= 11 is 0. The van der Waals surface area contributed by atoms with Crippen molar-refractivity contribution in [2.45, 2.75) is 40.3 Å². The molecule has 1 N–H and O–H groups in total. The van der Waals surface area contributed by atoms with Crippen molar-refractivity contribution in [2.75, 3.05) is 18.4 Å². The molecule has 1 amide bonds. The molecule has 2 heterocycles. The summed E-state index contributed by atoms with van der Waals surface area (Å²) in [5.74, 6) is 1.15. The Morgan fingerprint density at radius 1 is 1.36 bits per heavy atom. The number of nitrogens with one attached hydrogen (secondary N) is 1. The molecule has 118 valence electrons. The van der Waals surface area contributed by atoms with Crippen LogP contribution in [0.15, 0.2) is 18.2 Å². The van der Waals surface area contributed by atoms with Crippen molar-refractivity contribution in [1.82, 2.24) is 14.5 Å². The molecule has 0 atom stereocenters. The summed E-state index contributed by atoms with van der Waals surface area (Å²) in [5, 5.41) is 2.94. The van der Waals surface area contributed by atoms with E-state index in [1.54, 1.807) is 0 Å². The number of benzene rings is 1. The van der Waals surface area contributed by atoms with Gasteiger partial charge in [-0.1, -0.05) is 20.8 Å². The van der Waals surface area contributed by atoms with Gasteiger partial charge in [-0.05, 0) is 31.2 Å². The fourth-order valence-corrected chi connectivity index (χ4v) is 2.94. The normalized spacial score (nSPS) is 15.3. The minimum Gasteiger partial charge on any atom is -0.326 e. The first-order valence-electron chi connectivity index (χ1n) is 8.11. The number of carbonyl (C=O) groups is 1. The highest BCUT2D eigenvalue weighted by Crippen LogP contribution is 2.24. The van der Waals surface area contributed by atoms with Crippen LogP contribution in [0.25, 0.3) is 11.0 Å².